The minimum atomic E-state index is -4.36. The second kappa shape index (κ2) is 4.96. The molecule has 0 aliphatic heterocycles. The monoisotopic (exact) mass is 233 g/mol. The number of nitro groups is 1. The molecule has 0 aromatic heterocycles. The molecule has 0 N–H and O–H groups in total. The number of aryl methyl sites for hydroxylation is 1. The van der Waals surface area contributed by atoms with Crippen molar-refractivity contribution in [1.29, 1.82) is 0 Å². The summed E-state index contributed by atoms with van der Waals surface area (Å²) >= 11 is 0. The van der Waals surface area contributed by atoms with Gasteiger partial charge < -0.3 is 0 Å². The maximum atomic E-state index is 12.3. The molecule has 0 radical (unpaired) electrons. The Balaban J connectivity index is 2.64. The van der Waals surface area contributed by atoms with Crippen LogP contribution in [0.2, 0.25) is 0 Å². The van der Waals surface area contributed by atoms with Crippen LogP contribution >= 0.6 is 0 Å². The molecule has 0 aliphatic carbocycles. The van der Waals surface area contributed by atoms with Crippen LogP contribution in [0.25, 0.3) is 0 Å². The molecule has 0 amide bonds. The second-order valence-corrected chi connectivity index (χ2v) is 3.36. The molecule has 1 aromatic rings. The third kappa shape index (κ3) is 3.88. The van der Waals surface area contributed by atoms with E-state index in [4.69, 9.17) is 0 Å². The Hall–Kier alpha value is -1.59. The summed E-state index contributed by atoms with van der Waals surface area (Å²) in [5.41, 5.74) is -0.247. The quantitative estimate of drug-likeness (QED) is 0.592. The molecule has 1 aromatic carbocycles. The van der Waals surface area contributed by atoms with Gasteiger partial charge in [0.2, 0.25) is 6.54 Å². The first kappa shape index (κ1) is 12.5. The van der Waals surface area contributed by atoms with Crippen molar-refractivity contribution in [2.45, 2.75) is 19.0 Å². The molecule has 0 unspecified atom stereocenters. The van der Waals surface area contributed by atoms with Gasteiger partial charge in [0.1, 0.15) is 0 Å². The van der Waals surface area contributed by atoms with Gasteiger partial charge in [-0.2, -0.15) is 13.2 Å². The normalized spacial score (nSPS) is 11.4. The molecule has 0 saturated heterocycles. The second-order valence-electron chi connectivity index (χ2n) is 3.36. The van der Waals surface area contributed by atoms with Crippen molar-refractivity contribution in [1.82, 2.24) is 0 Å². The summed E-state index contributed by atoms with van der Waals surface area (Å²) in [5, 5.41) is 10.0. The molecule has 3 nitrogen and oxygen atoms in total. The molecule has 0 saturated carbocycles. The first-order valence-corrected chi connectivity index (χ1v) is 4.67. The molecule has 16 heavy (non-hydrogen) atoms. The smallest absolute Gasteiger partial charge is 0.265 e. The highest BCUT2D eigenvalue weighted by molar-refractivity contribution is 5.25. The van der Waals surface area contributed by atoms with Gasteiger partial charge in [-0.3, -0.25) is 10.1 Å². The van der Waals surface area contributed by atoms with Gasteiger partial charge in [-0.25, -0.2) is 0 Å². The number of rotatable bonds is 4. The van der Waals surface area contributed by atoms with Crippen molar-refractivity contribution >= 4 is 0 Å². The topological polar surface area (TPSA) is 43.1 Å². The van der Waals surface area contributed by atoms with Crippen LogP contribution in [0.3, 0.4) is 0 Å². The van der Waals surface area contributed by atoms with Gasteiger partial charge in [0.05, 0.1) is 5.56 Å². The summed E-state index contributed by atoms with van der Waals surface area (Å²) < 4.78 is 36.9. The van der Waals surface area contributed by atoms with Crippen molar-refractivity contribution in [3.63, 3.8) is 0 Å². The molecule has 6 heteroatoms. The lowest BCUT2D eigenvalue weighted by Crippen LogP contribution is -2.06. The largest absolute Gasteiger partial charge is 0.416 e. The number of nitrogens with zero attached hydrogens (tertiary/aromatic N) is 1. The summed E-state index contributed by atoms with van der Waals surface area (Å²) in [5.74, 6) is 0. The number of hydrogen-bond donors (Lipinski definition) is 0. The lowest BCUT2D eigenvalue weighted by atomic mass is 10.1. The molecule has 0 spiro atoms. The van der Waals surface area contributed by atoms with E-state index in [1.165, 1.54) is 12.1 Å². The van der Waals surface area contributed by atoms with Gasteiger partial charge in [0, 0.05) is 11.3 Å². The zero-order valence-corrected chi connectivity index (χ0v) is 8.33. The summed E-state index contributed by atoms with van der Waals surface area (Å²) in [6.07, 6.45) is -3.83. The highest BCUT2D eigenvalue weighted by atomic mass is 19.4. The fraction of sp³-hybridized carbons (Fsp3) is 0.400. The SMILES string of the molecule is O=[N+]([O-])CCCc1cccc(C(F)(F)F)c1. The van der Waals surface area contributed by atoms with E-state index >= 15 is 0 Å². The predicted molar refractivity (Wildman–Crippen MR) is 51.6 cm³/mol. The molecule has 0 bridgehead atoms. The van der Waals surface area contributed by atoms with Crippen molar-refractivity contribution in [2.75, 3.05) is 6.54 Å². The third-order valence-corrected chi connectivity index (χ3v) is 2.06. The van der Waals surface area contributed by atoms with Gasteiger partial charge in [-0.15, -0.1) is 0 Å². The van der Waals surface area contributed by atoms with Crippen LogP contribution in [-0.2, 0) is 12.6 Å². The summed E-state index contributed by atoms with van der Waals surface area (Å²) in [6, 6.07) is 4.86. The van der Waals surface area contributed by atoms with Gasteiger partial charge in [0.25, 0.3) is 0 Å². The van der Waals surface area contributed by atoms with E-state index in [2.05, 4.69) is 0 Å². The number of benzene rings is 1. The van der Waals surface area contributed by atoms with Gasteiger partial charge in [-0.05, 0) is 18.1 Å². The van der Waals surface area contributed by atoms with E-state index in [9.17, 15) is 23.3 Å². The van der Waals surface area contributed by atoms with Crippen LogP contribution in [0.15, 0.2) is 24.3 Å². The van der Waals surface area contributed by atoms with Gasteiger partial charge >= 0.3 is 6.18 Å². The van der Waals surface area contributed by atoms with E-state index in [0.29, 0.717) is 5.56 Å². The number of alkyl halides is 3. The molecule has 0 atom stereocenters. The van der Waals surface area contributed by atoms with E-state index in [1.54, 1.807) is 0 Å². The molecule has 88 valence electrons. The first-order valence-electron chi connectivity index (χ1n) is 4.67. The van der Waals surface area contributed by atoms with Crippen LogP contribution < -0.4 is 0 Å². The fourth-order valence-corrected chi connectivity index (χ4v) is 1.32. The van der Waals surface area contributed by atoms with Crippen molar-refractivity contribution in [2.24, 2.45) is 0 Å². The lowest BCUT2D eigenvalue weighted by molar-refractivity contribution is -0.480. The molecule has 0 aliphatic rings. The third-order valence-electron chi connectivity index (χ3n) is 2.06. The highest BCUT2D eigenvalue weighted by Gasteiger charge is 2.30. The maximum absolute atomic E-state index is 12.3. The minimum absolute atomic E-state index is 0.226. The number of halogens is 3. The van der Waals surface area contributed by atoms with E-state index in [1.807, 2.05) is 0 Å². The minimum Gasteiger partial charge on any atom is -0.265 e. The van der Waals surface area contributed by atoms with Gasteiger partial charge in [0.15, 0.2) is 0 Å². The Morgan fingerprint density at radius 2 is 2.00 bits per heavy atom. The van der Waals surface area contributed by atoms with Crippen LogP contribution in [0, 0.1) is 10.1 Å². The summed E-state index contributed by atoms with van der Waals surface area (Å²) in [6.45, 7) is -0.226. The summed E-state index contributed by atoms with van der Waals surface area (Å²) in [7, 11) is 0. The maximum Gasteiger partial charge on any atom is 0.416 e. The Morgan fingerprint density at radius 1 is 1.31 bits per heavy atom. The Labute approximate surface area is 90.0 Å². The zero-order chi connectivity index (χ0) is 12.2. The van der Waals surface area contributed by atoms with Crippen molar-refractivity contribution in [3.8, 4) is 0 Å². The van der Waals surface area contributed by atoms with E-state index in [0.717, 1.165) is 12.1 Å². The standard InChI is InChI=1S/C10H10F3NO2/c11-10(12,13)9-5-1-3-8(7-9)4-2-6-14(15)16/h1,3,5,7H,2,4,6H2. The first-order chi connectivity index (χ1) is 7.39. The molecule has 1 rings (SSSR count). The van der Waals surface area contributed by atoms with Crippen LogP contribution in [0.5, 0.6) is 0 Å². The Morgan fingerprint density at radius 3 is 2.56 bits per heavy atom. The average molecular weight is 233 g/mol. The number of hydrogen-bond acceptors (Lipinski definition) is 2. The summed E-state index contributed by atoms with van der Waals surface area (Å²) in [4.78, 5) is 9.56. The Kier molecular flexibility index (Phi) is 3.87. The highest BCUT2D eigenvalue weighted by Crippen LogP contribution is 2.29. The van der Waals surface area contributed by atoms with Crippen molar-refractivity contribution in [3.05, 3.63) is 45.5 Å². The molecule has 0 heterocycles. The predicted octanol–water partition coefficient (Wildman–Crippen LogP) is 2.91. The molecule has 0 fully saturated rings. The zero-order valence-electron chi connectivity index (χ0n) is 8.33. The van der Waals surface area contributed by atoms with Crippen LogP contribution in [-0.4, -0.2) is 11.5 Å². The fourth-order valence-electron chi connectivity index (χ4n) is 1.32. The lowest BCUT2D eigenvalue weighted by Gasteiger charge is -2.07. The van der Waals surface area contributed by atoms with E-state index in [-0.39, 0.29) is 19.4 Å². The molecular weight excluding hydrogens is 223 g/mol. The van der Waals surface area contributed by atoms with Crippen LogP contribution in [0.4, 0.5) is 13.2 Å². The Bertz CT molecular complexity index is 377. The van der Waals surface area contributed by atoms with Gasteiger partial charge in [-0.1, -0.05) is 18.2 Å². The molecular formula is C10H10F3NO2. The van der Waals surface area contributed by atoms with Crippen molar-refractivity contribution < 1.29 is 18.1 Å². The van der Waals surface area contributed by atoms with Crippen LogP contribution in [0.1, 0.15) is 17.5 Å². The van der Waals surface area contributed by atoms with E-state index < -0.39 is 16.7 Å². The average Bonchev–Trinajstić information content (AvgIpc) is 2.16.